The van der Waals surface area contributed by atoms with Gasteiger partial charge < -0.3 is 0 Å². The Morgan fingerprint density at radius 3 is 2.05 bits per heavy atom. The highest BCUT2D eigenvalue weighted by molar-refractivity contribution is 7.89. The number of rotatable bonds is 3. The van der Waals surface area contributed by atoms with E-state index >= 15 is 0 Å². The topological polar surface area (TPSA) is 46.2 Å². The molecule has 1 aromatic rings. The van der Waals surface area contributed by atoms with Crippen molar-refractivity contribution in [1.82, 2.24) is 4.72 Å². The van der Waals surface area contributed by atoms with Gasteiger partial charge in [-0.15, -0.1) is 0 Å². The zero-order valence-electron chi connectivity index (χ0n) is 11.7. The second-order valence-electron chi connectivity index (χ2n) is 5.74. The molecule has 0 bridgehead atoms. The highest BCUT2D eigenvalue weighted by Crippen LogP contribution is 2.33. The van der Waals surface area contributed by atoms with Gasteiger partial charge in [-0.05, 0) is 39.8 Å². The molecule has 0 spiro atoms. The summed E-state index contributed by atoms with van der Waals surface area (Å²) in [6, 6.07) is 3.93. The van der Waals surface area contributed by atoms with Crippen molar-refractivity contribution in [3.05, 3.63) is 29.3 Å². The van der Waals surface area contributed by atoms with Crippen molar-refractivity contribution in [3.63, 3.8) is 0 Å². The first-order chi connectivity index (χ1) is 8.33. The molecule has 0 unspecified atom stereocenters. The van der Waals surface area contributed by atoms with Gasteiger partial charge in [-0.2, -0.15) is 0 Å². The molecule has 0 aliphatic rings. The van der Waals surface area contributed by atoms with Crippen LogP contribution in [-0.2, 0) is 15.9 Å². The van der Waals surface area contributed by atoms with E-state index in [4.69, 9.17) is 0 Å². The monoisotopic (exact) mass is 291 g/mol. The maximum absolute atomic E-state index is 13.6. The molecule has 0 saturated carbocycles. The number of alkyl halides is 2. The highest BCUT2D eigenvalue weighted by atomic mass is 32.2. The predicted octanol–water partition coefficient (Wildman–Crippen LogP) is 3.18. The lowest BCUT2D eigenvalue weighted by atomic mass is 10.1. The largest absolute Gasteiger partial charge is 0.271 e. The van der Waals surface area contributed by atoms with Crippen LogP contribution in [0.5, 0.6) is 0 Å². The fourth-order valence-corrected chi connectivity index (χ4v) is 3.37. The first-order valence-electron chi connectivity index (χ1n) is 5.86. The molecule has 0 atom stereocenters. The molecule has 0 fully saturated rings. The summed E-state index contributed by atoms with van der Waals surface area (Å²) in [6.07, 6.45) is 0. The quantitative estimate of drug-likeness (QED) is 0.929. The summed E-state index contributed by atoms with van der Waals surface area (Å²) >= 11 is 0. The summed E-state index contributed by atoms with van der Waals surface area (Å²) in [4.78, 5) is -0.375. The van der Waals surface area contributed by atoms with Crippen molar-refractivity contribution in [2.24, 2.45) is 0 Å². The molecule has 0 aliphatic heterocycles. The maximum atomic E-state index is 13.6. The van der Waals surface area contributed by atoms with Gasteiger partial charge in [-0.1, -0.05) is 11.6 Å². The highest BCUT2D eigenvalue weighted by Gasteiger charge is 2.33. The molecule has 108 valence electrons. The molecule has 1 rings (SSSR count). The van der Waals surface area contributed by atoms with Crippen LogP contribution in [-0.4, -0.2) is 14.0 Å². The van der Waals surface area contributed by atoms with Crippen molar-refractivity contribution in [1.29, 1.82) is 0 Å². The van der Waals surface area contributed by atoms with Crippen LogP contribution < -0.4 is 4.72 Å². The van der Waals surface area contributed by atoms with Crippen molar-refractivity contribution in [2.45, 2.75) is 51.0 Å². The summed E-state index contributed by atoms with van der Waals surface area (Å²) in [5.74, 6) is -3.21. The molecule has 1 N–H and O–H groups in total. The van der Waals surface area contributed by atoms with Gasteiger partial charge in [0, 0.05) is 18.0 Å². The van der Waals surface area contributed by atoms with Crippen LogP contribution >= 0.6 is 0 Å². The Bertz CT molecular complexity index is 569. The van der Waals surface area contributed by atoms with Gasteiger partial charge in [-0.3, -0.25) is 0 Å². The Hall–Kier alpha value is -1.01. The first-order valence-corrected chi connectivity index (χ1v) is 7.34. The fourth-order valence-electron chi connectivity index (χ4n) is 1.68. The van der Waals surface area contributed by atoms with E-state index in [1.807, 2.05) is 0 Å². The Kier molecular flexibility index (Phi) is 4.08. The SMILES string of the molecule is Cc1ccc(S(=O)(=O)NC(C)(C)C)c(C(C)(F)F)c1. The van der Waals surface area contributed by atoms with Gasteiger partial charge in [0.1, 0.15) is 0 Å². The number of hydrogen-bond acceptors (Lipinski definition) is 2. The Labute approximate surface area is 113 Å². The van der Waals surface area contributed by atoms with Crippen molar-refractivity contribution in [2.75, 3.05) is 0 Å². The van der Waals surface area contributed by atoms with E-state index < -0.39 is 27.0 Å². The van der Waals surface area contributed by atoms with E-state index in [0.29, 0.717) is 12.5 Å². The van der Waals surface area contributed by atoms with Gasteiger partial charge in [0.15, 0.2) is 0 Å². The summed E-state index contributed by atoms with van der Waals surface area (Å²) in [5, 5.41) is 0. The third-order valence-electron chi connectivity index (χ3n) is 2.34. The summed E-state index contributed by atoms with van der Waals surface area (Å²) in [6.45, 7) is 7.30. The van der Waals surface area contributed by atoms with E-state index in [-0.39, 0.29) is 4.90 Å². The number of aryl methyl sites for hydroxylation is 1. The van der Waals surface area contributed by atoms with Gasteiger partial charge in [0.05, 0.1) is 4.90 Å². The minimum atomic E-state index is -3.98. The average Bonchev–Trinajstić information content (AvgIpc) is 2.11. The Morgan fingerprint density at radius 1 is 1.11 bits per heavy atom. The first kappa shape index (κ1) is 16.0. The molecule has 0 radical (unpaired) electrons. The lowest BCUT2D eigenvalue weighted by molar-refractivity contribution is 0.0143. The second-order valence-corrected chi connectivity index (χ2v) is 7.39. The number of halogens is 2. The summed E-state index contributed by atoms with van der Waals surface area (Å²) in [5.41, 5.74) is -0.625. The van der Waals surface area contributed by atoms with Crippen LogP contribution in [0, 0.1) is 6.92 Å². The van der Waals surface area contributed by atoms with Crippen LogP contribution in [0.2, 0.25) is 0 Å². The van der Waals surface area contributed by atoms with E-state index in [0.717, 1.165) is 0 Å². The van der Waals surface area contributed by atoms with Gasteiger partial charge >= 0.3 is 0 Å². The molecule has 0 heterocycles. The molecular weight excluding hydrogens is 272 g/mol. The van der Waals surface area contributed by atoms with Crippen LogP contribution in [0.1, 0.15) is 38.8 Å². The number of benzene rings is 1. The molecule has 0 saturated heterocycles. The number of hydrogen-bond donors (Lipinski definition) is 1. The minimum absolute atomic E-state index is 0.375. The van der Waals surface area contributed by atoms with Crippen LogP contribution in [0.4, 0.5) is 8.78 Å². The Balaban J connectivity index is 3.44. The molecule has 3 nitrogen and oxygen atoms in total. The minimum Gasteiger partial charge on any atom is -0.207 e. The van der Waals surface area contributed by atoms with E-state index in [9.17, 15) is 17.2 Å². The third kappa shape index (κ3) is 4.24. The van der Waals surface area contributed by atoms with Crippen LogP contribution in [0.25, 0.3) is 0 Å². The molecule has 0 aromatic heterocycles. The molecule has 0 aliphatic carbocycles. The lowest BCUT2D eigenvalue weighted by Gasteiger charge is -2.23. The zero-order valence-corrected chi connectivity index (χ0v) is 12.5. The van der Waals surface area contributed by atoms with E-state index in [2.05, 4.69) is 4.72 Å². The summed E-state index contributed by atoms with van der Waals surface area (Å²) in [7, 11) is -3.98. The van der Waals surface area contributed by atoms with Gasteiger partial charge in [-0.25, -0.2) is 21.9 Å². The van der Waals surface area contributed by atoms with Gasteiger partial charge in [0.25, 0.3) is 5.92 Å². The molecule has 1 aromatic carbocycles. The second kappa shape index (κ2) is 4.83. The normalized spacial score (nSPS) is 13.6. The average molecular weight is 291 g/mol. The van der Waals surface area contributed by atoms with Crippen molar-refractivity contribution < 1.29 is 17.2 Å². The zero-order chi connectivity index (χ0) is 15.1. The Morgan fingerprint density at radius 2 is 1.63 bits per heavy atom. The predicted molar refractivity (Wildman–Crippen MR) is 70.8 cm³/mol. The lowest BCUT2D eigenvalue weighted by Crippen LogP contribution is -2.41. The molecule has 6 heteroatoms. The fraction of sp³-hybridized carbons (Fsp3) is 0.538. The maximum Gasteiger partial charge on any atom is 0.271 e. The molecular formula is C13H19F2NO2S. The molecule has 19 heavy (non-hydrogen) atoms. The van der Waals surface area contributed by atoms with Crippen LogP contribution in [0.3, 0.4) is 0 Å². The molecule has 0 amide bonds. The summed E-state index contributed by atoms with van der Waals surface area (Å²) < 4.78 is 53.9. The van der Waals surface area contributed by atoms with Gasteiger partial charge in [0.2, 0.25) is 10.0 Å². The van der Waals surface area contributed by atoms with E-state index in [1.54, 1.807) is 27.7 Å². The third-order valence-corrected chi connectivity index (χ3v) is 4.15. The van der Waals surface area contributed by atoms with Crippen molar-refractivity contribution in [3.8, 4) is 0 Å². The standard InChI is InChI=1S/C13H19F2NO2S/c1-9-6-7-11(10(8-9)13(5,14)15)19(17,18)16-12(2,3)4/h6-8,16H,1-5H3. The van der Waals surface area contributed by atoms with Crippen LogP contribution in [0.15, 0.2) is 23.1 Å². The smallest absolute Gasteiger partial charge is 0.207 e. The number of sulfonamides is 1. The number of nitrogens with one attached hydrogen (secondary N) is 1. The van der Waals surface area contributed by atoms with Crippen molar-refractivity contribution >= 4 is 10.0 Å². The van der Waals surface area contributed by atoms with E-state index in [1.165, 1.54) is 18.2 Å².